The average Bonchev–Trinajstić information content (AvgIpc) is 2.85. The Morgan fingerprint density at radius 3 is 2.53 bits per heavy atom. The summed E-state index contributed by atoms with van der Waals surface area (Å²) in [5.41, 5.74) is 1.22. The molecule has 19 heavy (non-hydrogen) atoms. The lowest BCUT2D eigenvalue weighted by Crippen LogP contribution is -2.42. The van der Waals surface area contributed by atoms with Gasteiger partial charge in [-0.1, -0.05) is 37.3 Å². The maximum Gasteiger partial charge on any atom is 0.225 e. The zero-order valence-electron chi connectivity index (χ0n) is 11.7. The second-order valence-corrected chi connectivity index (χ2v) is 5.60. The topological polar surface area (TPSA) is 49.3 Å². The highest BCUT2D eigenvalue weighted by Gasteiger charge is 2.32. The Morgan fingerprint density at radius 1 is 1.26 bits per heavy atom. The fourth-order valence-corrected chi connectivity index (χ4v) is 2.75. The van der Waals surface area contributed by atoms with Gasteiger partial charge in [0.05, 0.1) is 12.0 Å². The predicted molar refractivity (Wildman–Crippen MR) is 75.8 cm³/mol. The molecule has 0 heterocycles. The number of carbonyl (C=O) groups excluding carboxylic acids is 1. The van der Waals surface area contributed by atoms with E-state index in [0.29, 0.717) is 0 Å². The highest BCUT2D eigenvalue weighted by molar-refractivity contribution is 5.79. The van der Waals surface area contributed by atoms with Crippen molar-refractivity contribution in [3.05, 3.63) is 35.9 Å². The van der Waals surface area contributed by atoms with E-state index in [-0.39, 0.29) is 23.8 Å². The van der Waals surface area contributed by atoms with E-state index < -0.39 is 6.10 Å². The molecule has 1 fully saturated rings. The highest BCUT2D eigenvalue weighted by atomic mass is 16.3. The van der Waals surface area contributed by atoms with E-state index in [1.54, 1.807) is 0 Å². The number of rotatable bonds is 4. The molecule has 0 bridgehead atoms. The normalized spacial score (nSPS) is 25.8. The molecular weight excluding hydrogens is 238 g/mol. The largest absolute Gasteiger partial charge is 0.392 e. The van der Waals surface area contributed by atoms with E-state index in [4.69, 9.17) is 0 Å². The quantitative estimate of drug-likeness (QED) is 0.874. The summed E-state index contributed by atoms with van der Waals surface area (Å²) in [6.07, 6.45) is 2.04. The summed E-state index contributed by atoms with van der Waals surface area (Å²) in [7, 11) is 0. The zero-order chi connectivity index (χ0) is 13.8. The first-order chi connectivity index (χ1) is 9.09. The second kappa shape index (κ2) is 6.20. The van der Waals surface area contributed by atoms with Crippen LogP contribution in [0.3, 0.4) is 0 Å². The standard InChI is InChI=1S/C16H23NO2/c1-11(13-7-4-3-5-8-13)12(2)17-16(19)14-9-6-10-15(14)18/h3-5,7-8,11-12,14-15,18H,6,9-10H2,1-2H3,(H,17,19). The van der Waals surface area contributed by atoms with Crippen molar-refractivity contribution in [2.45, 2.75) is 51.2 Å². The van der Waals surface area contributed by atoms with Crippen molar-refractivity contribution in [1.29, 1.82) is 0 Å². The van der Waals surface area contributed by atoms with Crippen molar-refractivity contribution in [3.8, 4) is 0 Å². The molecule has 2 rings (SSSR count). The molecule has 0 radical (unpaired) electrons. The highest BCUT2D eigenvalue weighted by Crippen LogP contribution is 2.26. The van der Waals surface area contributed by atoms with Crippen molar-refractivity contribution in [2.75, 3.05) is 0 Å². The summed E-state index contributed by atoms with van der Waals surface area (Å²) in [6.45, 7) is 4.14. The average molecular weight is 261 g/mol. The second-order valence-electron chi connectivity index (χ2n) is 5.60. The van der Waals surface area contributed by atoms with Crippen molar-refractivity contribution in [2.24, 2.45) is 5.92 Å². The van der Waals surface area contributed by atoms with Gasteiger partial charge in [0.1, 0.15) is 0 Å². The number of nitrogens with one attached hydrogen (secondary N) is 1. The summed E-state index contributed by atoms with van der Waals surface area (Å²) in [5.74, 6) is 0.0504. The minimum absolute atomic E-state index is 0.000260. The number of aliphatic hydroxyl groups is 1. The summed E-state index contributed by atoms with van der Waals surface area (Å²) in [4.78, 5) is 12.1. The fourth-order valence-electron chi connectivity index (χ4n) is 2.75. The lowest BCUT2D eigenvalue weighted by atomic mass is 9.93. The molecule has 1 aliphatic carbocycles. The molecule has 4 unspecified atom stereocenters. The molecule has 1 aromatic carbocycles. The van der Waals surface area contributed by atoms with Crippen molar-refractivity contribution >= 4 is 5.91 Å². The summed E-state index contributed by atoms with van der Waals surface area (Å²) >= 11 is 0. The molecule has 0 spiro atoms. The van der Waals surface area contributed by atoms with Crippen molar-refractivity contribution < 1.29 is 9.90 Å². The molecule has 0 aliphatic heterocycles. The van der Waals surface area contributed by atoms with E-state index in [9.17, 15) is 9.90 Å². The third-order valence-electron chi connectivity index (χ3n) is 4.26. The van der Waals surface area contributed by atoms with Crippen LogP contribution in [0.2, 0.25) is 0 Å². The van der Waals surface area contributed by atoms with Crippen molar-refractivity contribution in [3.63, 3.8) is 0 Å². The number of aliphatic hydroxyl groups excluding tert-OH is 1. The molecule has 104 valence electrons. The van der Waals surface area contributed by atoms with Gasteiger partial charge in [0.2, 0.25) is 5.91 Å². The first kappa shape index (κ1) is 14.1. The first-order valence-corrected chi connectivity index (χ1v) is 7.13. The zero-order valence-corrected chi connectivity index (χ0v) is 11.7. The van der Waals surface area contributed by atoms with Crippen LogP contribution in [0, 0.1) is 5.92 Å². The Morgan fingerprint density at radius 2 is 1.95 bits per heavy atom. The molecule has 2 N–H and O–H groups in total. The smallest absolute Gasteiger partial charge is 0.225 e. The maximum atomic E-state index is 12.1. The number of carbonyl (C=O) groups is 1. The van der Waals surface area contributed by atoms with Gasteiger partial charge in [-0.2, -0.15) is 0 Å². The Balaban J connectivity index is 1.93. The van der Waals surface area contributed by atoms with Gasteiger partial charge in [-0.05, 0) is 31.7 Å². The van der Waals surface area contributed by atoms with Crippen LogP contribution in [-0.2, 0) is 4.79 Å². The molecule has 4 atom stereocenters. The van der Waals surface area contributed by atoms with Crippen LogP contribution < -0.4 is 5.32 Å². The Kier molecular flexibility index (Phi) is 4.59. The molecule has 3 heteroatoms. The van der Waals surface area contributed by atoms with Gasteiger partial charge in [0.15, 0.2) is 0 Å². The van der Waals surface area contributed by atoms with E-state index in [2.05, 4.69) is 24.4 Å². The van der Waals surface area contributed by atoms with Crippen LogP contribution in [0.25, 0.3) is 0 Å². The molecule has 1 aromatic rings. The van der Waals surface area contributed by atoms with E-state index in [0.717, 1.165) is 19.3 Å². The summed E-state index contributed by atoms with van der Waals surface area (Å²) in [6, 6.07) is 10.3. The SMILES string of the molecule is CC(NC(=O)C1CCCC1O)C(C)c1ccccc1. The first-order valence-electron chi connectivity index (χ1n) is 7.13. The lowest BCUT2D eigenvalue weighted by Gasteiger charge is -2.24. The minimum Gasteiger partial charge on any atom is -0.392 e. The number of hydrogen-bond donors (Lipinski definition) is 2. The molecule has 1 saturated carbocycles. The molecular formula is C16H23NO2. The van der Waals surface area contributed by atoms with Gasteiger partial charge in [-0.3, -0.25) is 4.79 Å². The lowest BCUT2D eigenvalue weighted by molar-refractivity contribution is -0.128. The van der Waals surface area contributed by atoms with Gasteiger partial charge >= 0.3 is 0 Å². The van der Waals surface area contributed by atoms with Crippen LogP contribution in [-0.4, -0.2) is 23.2 Å². The fraction of sp³-hybridized carbons (Fsp3) is 0.562. The third kappa shape index (κ3) is 3.35. The van der Waals surface area contributed by atoms with Crippen LogP contribution >= 0.6 is 0 Å². The number of amides is 1. The summed E-state index contributed by atoms with van der Waals surface area (Å²) in [5, 5.41) is 12.8. The number of hydrogen-bond acceptors (Lipinski definition) is 2. The number of benzene rings is 1. The Labute approximate surface area is 115 Å². The van der Waals surface area contributed by atoms with E-state index in [1.807, 2.05) is 25.1 Å². The molecule has 1 amide bonds. The Hall–Kier alpha value is -1.35. The third-order valence-corrected chi connectivity index (χ3v) is 4.26. The minimum atomic E-state index is -0.459. The van der Waals surface area contributed by atoms with E-state index >= 15 is 0 Å². The molecule has 1 aliphatic rings. The Bertz CT molecular complexity index is 418. The van der Waals surface area contributed by atoms with Crippen LogP contribution in [0.4, 0.5) is 0 Å². The van der Waals surface area contributed by atoms with Crippen LogP contribution in [0.5, 0.6) is 0 Å². The maximum absolute atomic E-state index is 12.1. The van der Waals surface area contributed by atoms with Crippen molar-refractivity contribution in [1.82, 2.24) is 5.32 Å². The van der Waals surface area contributed by atoms with Gasteiger partial charge in [-0.25, -0.2) is 0 Å². The van der Waals surface area contributed by atoms with Crippen LogP contribution in [0.1, 0.15) is 44.6 Å². The summed E-state index contributed by atoms with van der Waals surface area (Å²) < 4.78 is 0. The molecule has 0 aromatic heterocycles. The predicted octanol–water partition coefficient (Wildman–Crippen LogP) is 2.46. The van der Waals surface area contributed by atoms with Gasteiger partial charge in [0.25, 0.3) is 0 Å². The van der Waals surface area contributed by atoms with Gasteiger partial charge in [-0.15, -0.1) is 0 Å². The molecule has 3 nitrogen and oxygen atoms in total. The van der Waals surface area contributed by atoms with Gasteiger partial charge < -0.3 is 10.4 Å². The van der Waals surface area contributed by atoms with Gasteiger partial charge in [0, 0.05) is 12.0 Å². The van der Waals surface area contributed by atoms with Crippen LogP contribution in [0.15, 0.2) is 30.3 Å². The molecule has 0 saturated heterocycles. The van der Waals surface area contributed by atoms with E-state index in [1.165, 1.54) is 5.56 Å². The monoisotopic (exact) mass is 261 g/mol.